The van der Waals surface area contributed by atoms with Gasteiger partial charge in [0.15, 0.2) is 0 Å². The maximum Gasteiger partial charge on any atom is 0.131 e. The van der Waals surface area contributed by atoms with Gasteiger partial charge in [0.2, 0.25) is 0 Å². The van der Waals surface area contributed by atoms with E-state index >= 15 is 0 Å². The van der Waals surface area contributed by atoms with Gasteiger partial charge in [-0.3, -0.25) is 0 Å². The van der Waals surface area contributed by atoms with E-state index in [2.05, 4.69) is 0 Å². The number of aromatic hydroxyl groups is 6. The first-order valence-corrected chi connectivity index (χ1v) is 14.9. The Hall–Kier alpha value is -5.88. The minimum Gasteiger partial charge on any atom is -0.507 e. The number of phenolic OH excluding ortho intramolecular Hbond substituents is 6. The number of aryl methyl sites for hydroxylation is 4. The number of hydrogen-bond donors (Lipinski definition) is 6. The minimum atomic E-state index is -0.127. The van der Waals surface area contributed by atoms with Crippen LogP contribution in [-0.4, -0.2) is 30.6 Å². The molecule has 0 aliphatic heterocycles. The number of phenols is 6. The first-order chi connectivity index (χ1) is 21.9. The highest BCUT2D eigenvalue weighted by Gasteiger charge is 2.23. The monoisotopic (exact) mass is 610 g/mol. The lowest BCUT2D eigenvalue weighted by Gasteiger charge is -2.19. The molecule has 0 radical (unpaired) electrons. The Morgan fingerprint density at radius 1 is 0.283 bits per heavy atom. The van der Waals surface area contributed by atoms with E-state index in [0.29, 0.717) is 55.6 Å². The van der Waals surface area contributed by atoms with E-state index in [9.17, 15) is 30.6 Å². The summed E-state index contributed by atoms with van der Waals surface area (Å²) in [5, 5.41) is 67.1. The maximum atomic E-state index is 11.7. The van der Waals surface area contributed by atoms with Crippen LogP contribution in [0, 0.1) is 27.7 Å². The topological polar surface area (TPSA) is 121 Å². The lowest BCUT2D eigenvalue weighted by Crippen LogP contribution is -1.93. The van der Waals surface area contributed by atoms with Crippen LogP contribution >= 0.6 is 0 Å². The van der Waals surface area contributed by atoms with E-state index in [-0.39, 0.29) is 34.5 Å². The van der Waals surface area contributed by atoms with Crippen LogP contribution in [0.2, 0.25) is 0 Å². The zero-order valence-electron chi connectivity index (χ0n) is 25.9. The van der Waals surface area contributed by atoms with Crippen LogP contribution in [0.5, 0.6) is 34.5 Å². The normalized spacial score (nSPS) is 11.1. The number of rotatable bonds is 5. The Bertz CT molecular complexity index is 1860. The molecule has 0 atom stereocenters. The third kappa shape index (κ3) is 5.46. The van der Waals surface area contributed by atoms with Crippen LogP contribution in [0.1, 0.15) is 22.3 Å². The Morgan fingerprint density at radius 2 is 0.500 bits per heavy atom. The van der Waals surface area contributed by atoms with Gasteiger partial charge in [-0.25, -0.2) is 0 Å². The molecule has 6 rings (SSSR count). The molecule has 0 aliphatic rings. The van der Waals surface area contributed by atoms with Crippen molar-refractivity contribution in [2.45, 2.75) is 27.7 Å². The molecule has 0 saturated heterocycles. The zero-order chi connectivity index (χ0) is 32.9. The molecule has 0 fully saturated rings. The average Bonchev–Trinajstić information content (AvgIpc) is 3.02. The fourth-order valence-electron chi connectivity index (χ4n) is 5.89. The van der Waals surface area contributed by atoms with E-state index in [0.717, 1.165) is 22.3 Å². The summed E-state index contributed by atoms with van der Waals surface area (Å²) in [5.41, 5.74) is 7.62. The molecule has 0 bridgehead atoms. The van der Waals surface area contributed by atoms with Crippen LogP contribution in [0.3, 0.4) is 0 Å². The molecule has 0 aliphatic carbocycles. The van der Waals surface area contributed by atoms with Crippen molar-refractivity contribution in [2.24, 2.45) is 0 Å². The fraction of sp³-hybridized carbons (Fsp3) is 0.100. The van der Waals surface area contributed by atoms with Crippen molar-refractivity contribution in [3.8, 4) is 90.1 Å². The molecule has 6 heteroatoms. The van der Waals surface area contributed by atoms with E-state index < -0.39 is 0 Å². The van der Waals surface area contributed by atoms with Crippen molar-refractivity contribution in [1.29, 1.82) is 0 Å². The summed E-state index contributed by atoms with van der Waals surface area (Å²) in [6, 6.07) is 27.4. The average molecular weight is 611 g/mol. The molecule has 0 aromatic heterocycles. The van der Waals surface area contributed by atoms with Gasteiger partial charge in [0.05, 0.1) is 0 Å². The predicted molar refractivity (Wildman–Crippen MR) is 183 cm³/mol. The Kier molecular flexibility index (Phi) is 7.58. The summed E-state index contributed by atoms with van der Waals surface area (Å²) < 4.78 is 0. The Morgan fingerprint density at radius 3 is 0.717 bits per heavy atom. The van der Waals surface area contributed by atoms with Crippen molar-refractivity contribution >= 4 is 0 Å². The van der Waals surface area contributed by atoms with Gasteiger partial charge in [0.1, 0.15) is 34.5 Å². The smallest absolute Gasteiger partial charge is 0.131 e. The van der Waals surface area contributed by atoms with Crippen molar-refractivity contribution in [2.75, 3.05) is 0 Å². The minimum absolute atomic E-state index is 0.0288. The standard InChI is InChI=1S/C40H34O6/c1-21-5-9-35(41)27(13-21)31-17-25(18-32(39(31)45)28-14-22(2)6-10-36(28)42)26-19-33(29-15-23(3)7-11-37(29)43)40(46)34(20-26)30-16-24(4)8-12-38(30)44/h5-20,41-46H,1-4H3. The zero-order valence-corrected chi connectivity index (χ0v) is 25.9. The summed E-state index contributed by atoms with van der Waals surface area (Å²) in [4.78, 5) is 0. The van der Waals surface area contributed by atoms with Crippen LogP contribution in [0.25, 0.3) is 55.6 Å². The van der Waals surface area contributed by atoms with Gasteiger partial charge >= 0.3 is 0 Å². The Labute approximate surface area is 267 Å². The van der Waals surface area contributed by atoms with Gasteiger partial charge in [0.25, 0.3) is 0 Å². The lowest BCUT2D eigenvalue weighted by molar-refractivity contribution is 0.466. The molecule has 0 spiro atoms. The van der Waals surface area contributed by atoms with Crippen molar-refractivity contribution in [3.63, 3.8) is 0 Å². The summed E-state index contributed by atoms with van der Waals surface area (Å²) in [7, 11) is 0. The highest BCUT2D eigenvalue weighted by molar-refractivity contribution is 5.95. The number of hydrogen-bond acceptors (Lipinski definition) is 6. The second-order valence-electron chi connectivity index (χ2n) is 11.9. The molecule has 0 saturated carbocycles. The molecule has 6 aromatic rings. The quantitative estimate of drug-likeness (QED) is 0.116. The highest BCUT2D eigenvalue weighted by Crippen LogP contribution is 2.50. The van der Waals surface area contributed by atoms with Crippen LogP contribution in [0.4, 0.5) is 0 Å². The SMILES string of the molecule is Cc1ccc(O)c(-c2cc(-c3cc(-c4cc(C)ccc4O)c(O)c(-c4cc(C)ccc4O)c3)cc(-c3cc(C)ccc3O)c2O)c1. The third-order valence-electron chi connectivity index (χ3n) is 8.32. The summed E-state index contributed by atoms with van der Waals surface area (Å²) in [6.45, 7) is 7.55. The van der Waals surface area contributed by atoms with E-state index in [1.165, 1.54) is 0 Å². The number of benzene rings is 6. The summed E-state index contributed by atoms with van der Waals surface area (Å²) in [6.07, 6.45) is 0. The molecule has 6 nitrogen and oxygen atoms in total. The van der Waals surface area contributed by atoms with Gasteiger partial charge in [-0.15, -0.1) is 0 Å². The van der Waals surface area contributed by atoms with Gasteiger partial charge in [-0.2, -0.15) is 0 Å². The van der Waals surface area contributed by atoms with Crippen molar-refractivity contribution in [3.05, 3.63) is 119 Å². The van der Waals surface area contributed by atoms with Crippen molar-refractivity contribution in [1.82, 2.24) is 0 Å². The molecular formula is C40H34O6. The molecule has 0 amide bonds. The van der Waals surface area contributed by atoms with Gasteiger partial charge in [-0.1, -0.05) is 46.5 Å². The van der Waals surface area contributed by atoms with E-state index in [1.807, 2.05) is 27.7 Å². The van der Waals surface area contributed by atoms with E-state index in [1.54, 1.807) is 97.1 Å². The fourth-order valence-corrected chi connectivity index (χ4v) is 5.89. The van der Waals surface area contributed by atoms with Crippen LogP contribution in [-0.2, 0) is 0 Å². The molecule has 0 heterocycles. The second kappa shape index (κ2) is 11.6. The first kappa shape index (κ1) is 30.2. The molecule has 6 aromatic carbocycles. The molecule has 46 heavy (non-hydrogen) atoms. The first-order valence-electron chi connectivity index (χ1n) is 14.9. The third-order valence-corrected chi connectivity index (χ3v) is 8.32. The largest absolute Gasteiger partial charge is 0.507 e. The molecule has 230 valence electrons. The summed E-state index contributed by atoms with van der Waals surface area (Å²) in [5.74, 6) is -0.370. The van der Waals surface area contributed by atoms with Gasteiger partial charge in [0, 0.05) is 44.5 Å². The lowest BCUT2D eigenvalue weighted by atomic mass is 9.87. The van der Waals surface area contributed by atoms with Crippen molar-refractivity contribution < 1.29 is 30.6 Å². The molecule has 6 N–H and O–H groups in total. The highest BCUT2D eigenvalue weighted by atomic mass is 16.3. The van der Waals surface area contributed by atoms with Gasteiger partial charge in [-0.05, 0) is 112 Å². The predicted octanol–water partition coefficient (Wildman–Crippen LogP) is 9.49. The Balaban J connectivity index is 1.73. The van der Waals surface area contributed by atoms with Crippen LogP contribution < -0.4 is 0 Å². The second-order valence-corrected chi connectivity index (χ2v) is 11.9. The molecule has 0 unspecified atom stereocenters. The van der Waals surface area contributed by atoms with Crippen LogP contribution in [0.15, 0.2) is 97.1 Å². The molecular weight excluding hydrogens is 576 g/mol. The summed E-state index contributed by atoms with van der Waals surface area (Å²) >= 11 is 0. The van der Waals surface area contributed by atoms with E-state index in [4.69, 9.17) is 0 Å². The maximum absolute atomic E-state index is 11.7. The van der Waals surface area contributed by atoms with Gasteiger partial charge < -0.3 is 30.6 Å².